The van der Waals surface area contributed by atoms with Crippen LogP contribution in [0.2, 0.25) is 0 Å². The summed E-state index contributed by atoms with van der Waals surface area (Å²) in [6.45, 7) is 0.462. The Balaban J connectivity index is 1.53. The molecule has 140 valence electrons. The van der Waals surface area contributed by atoms with Crippen molar-refractivity contribution in [3.63, 3.8) is 0 Å². The van der Waals surface area contributed by atoms with Crippen molar-refractivity contribution in [1.82, 2.24) is 4.90 Å². The number of halogens is 1. The fourth-order valence-corrected chi connectivity index (χ4v) is 4.01. The van der Waals surface area contributed by atoms with E-state index in [-0.39, 0.29) is 5.82 Å². The van der Waals surface area contributed by atoms with Crippen molar-refractivity contribution in [1.29, 1.82) is 0 Å². The van der Waals surface area contributed by atoms with Gasteiger partial charge in [-0.2, -0.15) is 0 Å². The van der Waals surface area contributed by atoms with Crippen LogP contribution in [0.1, 0.15) is 49.7 Å². The van der Waals surface area contributed by atoms with Crippen LogP contribution in [-0.2, 0) is 13.0 Å². The Bertz CT molecular complexity index is 672. The first-order valence-corrected chi connectivity index (χ1v) is 9.71. The topological polar surface area (TPSA) is 12.5 Å². The Kier molecular flexibility index (Phi) is 6.31. The number of benzene rings is 2. The van der Waals surface area contributed by atoms with E-state index in [0.717, 1.165) is 17.7 Å². The molecule has 0 unspecified atom stereocenters. The van der Waals surface area contributed by atoms with Crippen molar-refractivity contribution < 1.29 is 9.13 Å². The van der Waals surface area contributed by atoms with Crippen LogP contribution in [0.5, 0.6) is 5.75 Å². The van der Waals surface area contributed by atoms with E-state index in [2.05, 4.69) is 31.1 Å². The first-order valence-electron chi connectivity index (χ1n) is 9.71. The Morgan fingerprint density at radius 1 is 0.885 bits per heavy atom. The molecule has 0 atom stereocenters. The minimum Gasteiger partial charge on any atom is -0.489 e. The second-order valence-corrected chi connectivity index (χ2v) is 7.74. The van der Waals surface area contributed by atoms with Gasteiger partial charge in [0.1, 0.15) is 18.2 Å². The summed E-state index contributed by atoms with van der Waals surface area (Å²) >= 11 is 0. The summed E-state index contributed by atoms with van der Waals surface area (Å²) < 4.78 is 18.7. The standard InChI is InChI=1S/C23H30FNO/c1-25(2)23(15-4-3-5-16-23)17-14-19-8-12-22(13-9-19)26-18-20-6-10-21(24)11-7-20/h6-13H,3-5,14-18H2,1-2H3. The maximum Gasteiger partial charge on any atom is 0.123 e. The van der Waals surface area contributed by atoms with E-state index < -0.39 is 0 Å². The van der Waals surface area contributed by atoms with Crippen LogP contribution < -0.4 is 4.74 Å². The second-order valence-electron chi connectivity index (χ2n) is 7.74. The molecule has 0 saturated heterocycles. The smallest absolute Gasteiger partial charge is 0.123 e. The summed E-state index contributed by atoms with van der Waals surface area (Å²) in [7, 11) is 4.47. The zero-order chi connectivity index (χ0) is 18.4. The number of aryl methyl sites for hydroxylation is 1. The van der Waals surface area contributed by atoms with Crippen LogP contribution >= 0.6 is 0 Å². The first-order chi connectivity index (χ1) is 12.6. The van der Waals surface area contributed by atoms with Gasteiger partial charge in [0.2, 0.25) is 0 Å². The van der Waals surface area contributed by atoms with Gasteiger partial charge in [-0.05, 0) is 75.2 Å². The van der Waals surface area contributed by atoms with E-state index in [9.17, 15) is 4.39 Å². The van der Waals surface area contributed by atoms with Crippen LogP contribution in [0, 0.1) is 5.82 Å². The largest absolute Gasteiger partial charge is 0.489 e. The predicted molar refractivity (Wildman–Crippen MR) is 105 cm³/mol. The summed E-state index contributed by atoms with van der Waals surface area (Å²) in [6, 6.07) is 14.9. The van der Waals surface area contributed by atoms with Crippen molar-refractivity contribution in [3.8, 4) is 5.75 Å². The fourth-order valence-electron chi connectivity index (χ4n) is 4.01. The molecule has 0 spiro atoms. The zero-order valence-corrected chi connectivity index (χ0v) is 16.0. The van der Waals surface area contributed by atoms with E-state index in [1.807, 2.05) is 12.1 Å². The summed E-state index contributed by atoms with van der Waals surface area (Å²) in [4.78, 5) is 2.45. The number of nitrogens with zero attached hydrogens (tertiary/aromatic N) is 1. The van der Waals surface area contributed by atoms with Crippen molar-refractivity contribution in [2.75, 3.05) is 14.1 Å². The highest BCUT2D eigenvalue weighted by Gasteiger charge is 2.33. The van der Waals surface area contributed by atoms with Gasteiger partial charge in [-0.25, -0.2) is 4.39 Å². The minimum absolute atomic E-state index is 0.216. The molecule has 2 aromatic rings. The van der Waals surface area contributed by atoms with Gasteiger partial charge in [0.25, 0.3) is 0 Å². The molecule has 0 aliphatic heterocycles. The molecule has 1 aliphatic rings. The molecule has 1 saturated carbocycles. The lowest BCUT2D eigenvalue weighted by atomic mass is 9.77. The van der Waals surface area contributed by atoms with Gasteiger partial charge in [0.05, 0.1) is 0 Å². The maximum atomic E-state index is 12.9. The van der Waals surface area contributed by atoms with E-state index in [4.69, 9.17) is 4.74 Å². The lowest BCUT2D eigenvalue weighted by Gasteiger charge is -2.43. The molecule has 0 heterocycles. The van der Waals surface area contributed by atoms with Crippen LogP contribution in [-0.4, -0.2) is 24.5 Å². The van der Waals surface area contributed by atoms with Gasteiger partial charge >= 0.3 is 0 Å². The number of rotatable bonds is 7. The molecule has 0 N–H and O–H groups in total. The predicted octanol–water partition coefficient (Wildman–Crippen LogP) is 5.60. The highest BCUT2D eigenvalue weighted by Crippen LogP contribution is 2.36. The third kappa shape index (κ3) is 4.85. The van der Waals surface area contributed by atoms with Crippen LogP contribution in [0.25, 0.3) is 0 Å². The Hall–Kier alpha value is -1.87. The summed E-state index contributed by atoms with van der Waals surface area (Å²) in [5.74, 6) is 0.643. The molecular formula is C23H30FNO. The third-order valence-electron chi connectivity index (χ3n) is 5.85. The molecule has 2 nitrogen and oxygen atoms in total. The normalized spacial score (nSPS) is 16.6. The number of ether oxygens (including phenoxy) is 1. The maximum absolute atomic E-state index is 12.9. The molecule has 0 amide bonds. The molecule has 26 heavy (non-hydrogen) atoms. The van der Waals surface area contributed by atoms with Crippen molar-refractivity contribution in [2.45, 2.75) is 57.1 Å². The summed E-state index contributed by atoms with van der Waals surface area (Å²) in [5.41, 5.74) is 2.71. The van der Waals surface area contributed by atoms with Crippen molar-refractivity contribution >= 4 is 0 Å². The van der Waals surface area contributed by atoms with Gasteiger partial charge < -0.3 is 9.64 Å². The summed E-state index contributed by atoms with van der Waals surface area (Å²) in [6.07, 6.45) is 9.06. The quantitative estimate of drug-likeness (QED) is 0.641. The van der Waals surface area contributed by atoms with Crippen molar-refractivity contribution in [3.05, 3.63) is 65.5 Å². The van der Waals surface area contributed by atoms with E-state index in [1.165, 1.54) is 56.2 Å². The van der Waals surface area contributed by atoms with Crippen molar-refractivity contribution in [2.24, 2.45) is 0 Å². The highest BCUT2D eigenvalue weighted by atomic mass is 19.1. The Labute approximate surface area is 157 Å². The molecule has 1 aliphatic carbocycles. The molecule has 2 aromatic carbocycles. The van der Waals surface area contributed by atoms with E-state index in [0.29, 0.717) is 12.1 Å². The van der Waals surface area contributed by atoms with Gasteiger partial charge in [-0.3, -0.25) is 0 Å². The molecule has 0 aromatic heterocycles. The zero-order valence-electron chi connectivity index (χ0n) is 16.0. The average molecular weight is 355 g/mol. The number of hydrogen-bond donors (Lipinski definition) is 0. The van der Waals surface area contributed by atoms with Crippen LogP contribution in [0.4, 0.5) is 4.39 Å². The van der Waals surface area contributed by atoms with E-state index in [1.54, 1.807) is 12.1 Å². The third-order valence-corrected chi connectivity index (χ3v) is 5.85. The van der Waals surface area contributed by atoms with Gasteiger partial charge in [-0.1, -0.05) is 43.5 Å². The second kappa shape index (κ2) is 8.68. The van der Waals surface area contributed by atoms with Gasteiger partial charge in [0.15, 0.2) is 0 Å². The first kappa shape index (κ1) is 18.9. The van der Waals surface area contributed by atoms with Gasteiger partial charge in [0, 0.05) is 5.54 Å². The number of hydrogen-bond acceptors (Lipinski definition) is 2. The minimum atomic E-state index is -0.216. The molecule has 1 fully saturated rings. The Morgan fingerprint density at radius 2 is 1.50 bits per heavy atom. The average Bonchev–Trinajstić information content (AvgIpc) is 2.67. The monoisotopic (exact) mass is 355 g/mol. The van der Waals surface area contributed by atoms with E-state index >= 15 is 0 Å². The Morgan fingerprint density at radius 3 is 2.12 bits per heavy atom. The molecule has 0 bridgehead atoms. The fraction of sp³-hybridized carbons (Fsp3) is 0.478. The lowest BCUT2D eigenvalue weighted by molar-refractivity contribution is 0.0907. The highest BCUT2D eigenvalue weighted by molar-refractivity contribution is 5.28. The molecule has 3 heteroatoms. The lowest BCUT2D eigenvalue weighted by Crippen LogP contribution is -2.46. The SMILES string of the molecule is CN(C)C1(CCc2ccc(OCc3ccc(F)cc3)cc2)CCCCC1. The van der Waals surface area contributed by atoms with Crippen LogP contribution in [0.15, 0.2) is 48.5 Å². The van der Waals surface area contributed by atoms with Gasteiger partial charge in [-0.15, -0.1) is 0 Å². The van der Waals surface area contributed by atoms with Crippen LogP contribution in [0.3, 0.4) is 0 Å². The molecule has 3 rings (SSSR count). The molecule has 0 radical (unpaired) electrons. The molecular weight excluding hydrogens is 325 g/mol. The summed E-state index contributed by atoms with van der Waals surface area (Å²) in [5, 5.41) is 0.